The summed E-state index contributed by atoms with van der Waals surface area (Å²) in [6, 6.07) is 11.3. The van der Waals surface area contributed by atoms with Crippen molar-refractivity contribution in [3.63, 3.8) is 0 Å². The van der Waals surface area contributed by atoms with Crippen molar-refractivity contribution in [2.24, 2.45) is 0 Å². The van der Waals surface area contributed by atoms with Crippen LogP contribution in [0.4, 0.5) is 0 Å². The molecule has 0 aliphatic heterocycles. The van der Waals surface area contributed by atoms with Gasteiger partial charge in [-0.25, -0.2) is 9.97 Å². The van der Waals surface area contributed by atoms with Crippen LogP contribution in [0.5, 0.6) is 0 Å². The first-order chi connectivity index (χ1) is 9.13. The molecule has 3 rings (SSSR count). The van der Waals surface area contributed by atoms with Gasteiger partial charge >= 0.3 is 0 Å². The van der Waals surface area contributed by atoms with Crippen LogP contribution in [0.3, 0.4) is 0 Å². The van der Waals surface area contributed by atoms with Gasteiger partial charge in [0.1, 0.15) is 10.3 Å². The zero-order chi connectivity index (χ0) is 13.4. The van der Waals surface area contributed by atoms with E-state index in [0.29, 0.717) is 16.1 Å². The van der Waals surface area contributed by atoms with E-state index < -0.39 is 0 Å². The van der Waals surface area contributed by atoms with Crippen LogP contribution in [-0.2, 0) is 0 Å². The van der Waals surface area contributed by atoms with Crippen molar-refractivity contribution >= 4 is 34.1 Å². The van der Waals surface area contributed by atoms with E-state index in [1.54, 1.807) is 0 Å². The van der Waals surface area contributed by atoms with Crippen molar-refractivity contribution in [1.29, 1.82) is 0 Å². The first-order valence-corrected chi connectivity index (χ1v) is 6.46. The van der Waals surface area contributed by atoms with Gasteiger partial charge in [0.25, 0.3) is 0 Å². The fourth-order valence-corrected chi connectivity index (χ4v) is 2.43. The highest BCUT2D eigenvalue weighted by Crippen LogP contribution is 2.27. The molecule has 0 aliphatic rings. The molecule has 94 valence electrons. The van der Waals surface area contributed by atoms with Crippen LogP contribution in [-0.4, -0.2) is 15.0 Å². The maximum atomic E-state index is 5.94. The van der Waals surface area contributed by atoms with Gasteiger partial charge in [-0.05, 0) is 19.1 Å². The van der Waals surface area contributed by atoms with Crippen LogP contribution in [0.15, 0.2) is 36.4 Å². The number of nitrogens with zero attached hydrogens (tertiary/aromatic N) is 3. The van der Waals surface area contributed by atoms with Crippen LogP contribution < -0.4 is 0 Å². The summed E-state index contributed by atoms with van der Waals surface area (Å²) in [5.74, 6) is 0.513. The topological polar surface area (TPSA) is 38.7 Å². The standard InChI is InChI=1S/C14H9Cl2N3/c1-8-6-10(9-4-2-3-5-11(9)17-8)14-18-12(15)7-13(16)19-14/h2-7H,1H3. The Hall–Kier alpha value is -1.71. The van der Waals surface area contributed by atoms with E-state index in [-0.39, 0.29) is 0 Å². The quantitative estimate of drug-likeness (QED) is 0.627. The van der Waals surface area contributed by atoms with Crippen molar-refractivity contribution < 1.29 is 0 Å². The number of aromatic nitrogens is 3. The second-order valence-corrected chi connectivity index (χ2v) is 4.94. The summed E-state index contributed by atoms with van der Waals surface area (Å²) in [7, 11) is 0. The average molecular weight is 290 g/mol. The summed E-state index contributed by atoms with van der Waals surface area (Å²) in [6.07, 6.45) is 0. The van der Waals surface area contributed by atoms with E-state index in [2.05, 4.69) is 15.0 Å². The fourth-order valence-electron chi connectivity index (χ4n) is 2.00. The lowest BCUT2D eigenvalue weighted by atomic mass is 10.1. The molecular weight excluding hydrogens is 281 g/mol. The molecule has 19 heavy (non-hydrogen) atoms. The highest BCUT2D eigenvalue weighted by Gasteiger charge is 2.10. The molecule has 0 saturated heterocycles. The molecule has 0 radical (unpaired) electrons. The summed E-state index contributed by atoms with van der Waals surface area (Å²) in [5, 5.41) is 1.63. The molecule has 0 fully saturated rings. The Balaban J connectivity index is 2.35. The Morgan fingerprint density at radius 2 is 1.58 bits per heavy atom. The van der Waals surface area contributed by atoms with Crippen LogP contribution in [0.25, 0.3) is 22.3 Å². The minimum absolute atomic E-state index is 0.327. The van der Waals surface area contributed by atoms with E-state index in [0.717, 1.165) is 22.2 Å². The number of benzene rings is 1. The summed E-state index contributed by atoms with van der Waals surface area (Å²) < 4.78 is 0. The summed E-state index contributed by atoms with van der Waals surface area (Å²) in [5.41, 5.74) is 2.68. The predicted octanol–water partition coefficient (Wildman–Crippen LogP) is 4.31. The Morgan fingerprint density at radius 3 is 2.32 bits per heavy atom. The highest BCUT2D eigenvalue weighted by atomic mass is 35.5. The Morgan fingerprint density at radius 1 is 0.895 bits per heavy atom. The zero-order valence-electron chi connectivity index (χ0n) is 10.1. The molecule has 0 aliphatic carbocycles. The van der Waals surface area contributed by atoms with Crippen molar-refractivity contribution in [2.75, 3.05) is 0 Å². The van der Waals surface area contributed by atoms with Gasteiger partial charge in [0.05, 0.1) is 5.52 Å². The summed E-state index contributed by atoms with van der Waals surface area (Å²) in [6.45, 7) is 1.93. The van der Waals surface area contributed by atoms with Crippen LogP contribution >= 0.6 is 23.2 Å². The fraction of sp³-hybridized carbons (Fsp3) is 0.0714. The van der Waals surface area contributed by atoms with Crippen LogP contribution in [0, 0.1) is 6.92 Å². The first kappa shape index (κ1) is 12.3. The molecule has 0 saturated carbocycles. The van der Waals surface area contributed by atoms with Crippen LogP contribution in [0.2, 0.25) is 10.3 Å². The number of aryl methyl sites for hydroxylation is 1. The molecule has 0 spiro atoms. The monoisotopic (exact) mass is 289 g/mol. The smallest absolute Gasteiger partial charge is 0.163 e. The van der Waals surface area contributed by atoms with E-state index in [1.807, 2.05) is 37.3 Å². The molecular formula is C14H9Cl2N3. The van der Waals surface area contributed by atoms with E-state index in [4.69, 9.17) is 23.2 Å². The van der Waals surface area contributed by atoms with E-state index in [1.165, 1.54) is 6.07 Å². The van der Waals surface area contributed by atoms with Gasteiger partial charge in [0.2, 0.25) is 0 Å². The number of pyridine rings is 1. The molecule has 2 aromatic heterocycles. The number of hydrogen-bond donors (Lipinski definition) is 0. The highest BCUT2D eigenvalue weighted by molar-refractivity contribution is 6.33. The van der Waals surface area contributed by atoms with E-state index in [9.17, 15) is 0 Å². The molecule has 1 aromatic carbocycles. The third-order valence-electron chi connectivity index (χ3n) is 2.75. The lowest BCUT2D eigenvalue weighted by Gasteiger charge is -2.07. The Labute approximate surface area is 120 Å². The minimum Gasteiger partial charge on any atom is -0.253 e. The molecule has 0 unspecified atom stereocenters. The molecule has 5 heteroatoms. The van der Waals surface area contributed by atoms with Crippen molar-refractivity contribution in [3.05, 3.63) is 52.4 Å². The van der Waals surface area contributed by atoms with Crippen LogP contribution in [0.1, 0.15) is 5.69 Å². The van der Waals surface area contributed by atoms with Gasteiger partial charge in [-0.15, -0.1) is 0 Å². The van der Waals surface area contributed by atoms with Gasteiger partial charge in [-0.1, -0.05) is 41.4 Å². The lowest BCUT2D eigenvalue weighted by Crippen LogP contribution is -1.94. The van der Waals surface area contributed by atoms with E-state index >= 15 is 0 Å². The van der Waals surface area contributed by atoms with Gasteiger partial charge in [-0.3, -0.25) is 4.98 Å². The SMILES string of the molecule is Cc1cc(-c2nc(Cl)cc(Cl)n2)c2ccccc2n1. The largest absolute Gasteiger partial charge is 0.253 e. The van der Waals surface area contributed by atoms with Crippen molar-refractivity contribution in [3.8, 4) is 11.4 Å². The summed E-state index contributed by atoms with van der Waals surface area (Å²) >= 11 is 11.9. The van der Waals surface area contributed by atoms with Gasteiger partial charge in [0.15, 0.2) is 5.82 Å². The lowest BCUT2D eigenvalue weighted by molar-refractivity contribution is 1.17. The number of rotatable bonds is 1. The minimum atomic E-state index is 0.327. The zero-order valence-corrected chi connectivity index (χ0v) is 11.6. The van der Waals surface area contributed by atoms with Gasteiger partial charge in [0, 0.05) is 22.7 Å². The third kappa shape index (κ3) is 2.39. The second-order valence-electron chi connectivity index (χ2n) is 4.17. The number of fused-ring (bicyclic) bond motifs is 1. The Bertz CT molecular complexity index is 751. The summed E-state index contributed by atoms with van der Waals surface area (Å²) in [4.78, 5) is 13.0. The maximum Gasteiger partial charge on any atom is 0.163 e. The third-order valence-corrected chi connectivity index (χ3v) is 3.14. The molecule has 0 N–H and O–H groups in total. The van der Waals surface area contributed by atoms with Crippen molar-refractivity contribution in [2.45, 2.75) is 6.92 Å². The molecule has 3 aromatic rings. The molecule has 0 bridgehead atoms. The molecule has 3 nitrogen and oxygen atoms in total. The van der Waals surface area contributed by atoms with Gasteiger partial charge in [-0.2, -0.15) is 0 Å². The second kappa shape index (κ2) is 4.76. The number of para-hydroxylation sites is 1. The normalized spacial score (nSPS) is 10.9. The molecule has 0 amide bonds. The predicted molar refractivity (Wildman–Crippen MR) is 77.5 cm³/mol. The van der Waals surface area contributed by atoms with Crippen molar-refractivity contribution in [1.82, 2.24) is 15.0 Å². The number of hydrogen-bond acceptors (Lipinski definition) is 3. The van der Waals surface area contributed by atoms with Gasteiger partial charge < -0.3 is 0 Å². The first-order valence-electron chi connectivity index (χ1n) is 5.70. The molecule has 2 heterocycles. The molecule has 0 atom stereocenters. The average Bonchev–Trinajstić information content (AvgIpc) is 2.36. The Kier molecular flexibility index (Phi) is 3.09. The number of halogens is 2. The maximum absolute atomic E-state index is 5.94.